The third-order valence-electron chi connectivity index (χ3n) is 2.83. The molecule has 0 N–H and O–H groups in total. The van der Waals surface area contributed by atoms with E-state index in [4.69, 9.17) is 4.74 Å². The Labute approximate surface area is 106 Å². The Balaban J connectivity index is 2.41. The number of aromatic nitrogens is 1. The van der Waals surface area contributed by atoms with Gasteiger partial charge in [0.1, 0.15) is 8.07 Å². The number of nitrogens with zero attached hydrogens (tertiary/aromatic N) is 1. The molecule has 1 rings (SSSR count). The third-order valence-corrected chi connectivity index (χ3v) is 5.51. The Kier molecular flexibility index (Phi) is 6.15. The van der Waals surface area contributed by atoms with Crippen LogP contribution in [0.1, 0.15) is 19.3 Å². The maximum Gasteiger partial charge on any atom is 0.127 e. The number of unbranched alkanes of at least 4 members (excludes halogenated alkanes) is 2. The fourth-order valence-electron chi connectivity index (χ4n) is 1.72. The fraction of sp³-hybridized carbons (Fsp3) is 0.500. The minimum absolute atomic E-state index is 0.870. The number of allylic oxidation sites excluding steroid dienone is 1. The zero-order valence-electron chi connectivity index (χ0n) is 11.1. The molecule has 0 bridgehead atoms. The number of ether oxygens (including phenoxy) is 1. The highest BCUT2D eigenvalue weighted by Gasteiger charge is 2.20. The standard InChI is InChI=1S/C14H23NOSi/c1-16-12-8-4-5-9-13-17(2,3)14-10-6-7-11-15-14/h6-7,9-11,13H,4-5,8,12H2,1-3H3/b13-9+. The van der Waals surface area contributed by atoms with Crippen LogP contribution in [-0.2, 0) is 4.74 Å². The van der Waals surface area contributed by atoms with Gasteiger partial charge in [0.2, 0.25) is 0 Å². The first-order valence-electron chi connectivity index (χ1n) is 6.25. The van der Waals surface area contributed by atoms with E-state index in [-0.39, 0.29) is 0 Å². The first kappa shape index (κ1) is 14.1. The molecular weight excluding hydrogens is 226 g/mol. The summed E-state index contributed by atoms with van der Waals surface area (Å²) < 4.78 is 5.03. The lowest BCUT2D eigenvalue weighted by Crippen LogP contribution is -2.41. The summed E-state index contributed by atoms with van der Waals surface area (Å²) in [4.78, 5) is 4.47. The molecule has 1 aromatic rings. The van der Waals surface area contributed by atoms with Gasteiger partial charge in [-0.2, -0.15) is 0 Å². The van der Waals surface area contributed by atoms with E-state index >= 15 is 0 Å². The fourth-order valence-corrected chi connectivity index (χ4v) is 3.58. The van der Waals surface area contributed by atoms with Crippen molar-refractivity contribution in [2.75, 3.05) is 13.7 Å². The number of methoxy groups -OCH3 is 1. The van der Waals surface area contributed by atoms with Gasteiger partial charge < -0.3 is 4.74 Å². The van der Waals surface area contributed by atoms with Crippen LogP contribution in [0.15, 0.2) is 36.2 Å². The van der Waals surface area contributed by atoms with Crippen LogP contribution in [-0.4, -0.2) is 26.8 Å². The Morgan fingerprint density at radius 2 is 2.12 bits per heavy atom. The summed E-state index contributed by atoms with van der Waals surface area (Å²) in [6, 6.07) is 6.19. The topological polar surface area (TPSA) is 22.1 Å². The Morgan fingerprint density at radius 3 is 2.76 bits per heavy atom. The SMILES string of the molecule is COCCCC/C=C/[Si](C)(C)c1ccccn1. The van der Waals surface area contributed by atoms with Crippen molar-refractivity contribution >= 4 is 13.4 Å². The molecule has 0 spiro atoms. The Hall–Kier alpha value is -0.933. The minimum atomic E-state index is -1.47. The predicted molar refractivity (Wildman–Crippen MR) is 76.2 cm³/mol. The molecule has 0 atom stereocenters. The lowest BCUT2D eigenvalue weighted by Gasteiger charge is -2.16. The van der Waals surface area contributed by atoms with Crippen molar-refractivity contribution in [3.8, 4) is 0 Å². The molecule has 17 heavy (non-hydrogen) atoms. The molecule has 0 aromatic carbocycles. The van der Waals surface area contributed by atoms with Crippen molar-refractivity contribution in [3.05, 3.63) is 36.2 Å². The van der Waals surface area contributed by atoms with E-state index < -0.39 is 8.07 Å². The van der Waals surface area contributed by atoms with E-state index in [1.807, 2.05) is 12.3 Å². The highest BCUT2D eigenvalue weighted by Crippen LogP contribution is 2.05. The molecule has 1 aromatic heterocycles. The van der Waals surface area contributed by atoms with Crippen molar-refractivity contribution in [2.45, 2.75) is 32.4 Å². The lowest BCUT2D eigenvalue weighted by atomic mass is 10.2. The van der Waals surface area contributed by atoms with E-state index in [0.29, 0.717) is 0 Å². The van der Waals surface area contributed by atoms with E-state index in [1.54, 1.807) is 7.11 Å². The molecule has 2 nitrogen and oxygen atoms in total. The Bertz CT molecular complexity index is 335. The van der Waals surface area contributed by atoms with Gasteiger partial charge in [-0.05, 0) is 31.4 Å². The van der Waals surface area contributed by atoms with E-state index in [1.165, 1.54) is 11.7 Å². The smallest absolute Gasteiger partial charge is 0.127 e. The van der Waals surface area contributed by atoms with Crippen molar-refractivity contribution < 1.29 is 4.74 Å². The highest BCUT2D eigenvalue weighted by molar-refractivity contribution is 6.93. The summed E-state index contributed by atoms with van der Waals surface area (Å²) >= 11 is 0. The molecule has 0 radical (unpaired) electrons. The summed E-state index contributed by atoms with van der Waals surface area (Å²) in [5.41, 5.74) is 2.39. The van der Waals surface area contributed by atoms with Crippen LogP contribution in [0, 0.1) is 0 Å². The molecule has 1 heterocycles. The quantitative estimate of drug-likeness (QED) is 0.547. The molecule has 0 saturated heterocycles. The molecule has 0 unspecified atom stereocenters. The predicted octanol–water partition coefficient (Wildman–Crippen LogP) is 2.91. The van der Waals surface area contributed by atoms with Crippen LogP contribution in [0.3, 0.4) is 0 Å². The molecule has 0 aliphatic rings. The summed E-state index contributed by atoms with van der Waals surface area (Å²) in [7, 11) is 0.286. The molecule has 0 fully saturated rings. The van der Waals surface area contributed by atoms with Gasteiger partial charge in [0, 0.05) is 25.2 Å². The van der Waals surface area contributed by atoms with Gasteiger partial charge in [-0.15, -0.1) is 0 Å². The highest BCUT2D eigenvalue weighted by atomic mass is 28.3. The number of rotatable bonds is 7. The van der Waals surface area contributed by atoms with Crippen LogP contribution in [0.5, 0.6) is 0 Å². The molecule has 3 heteroatoms. The van der Waals surface area contributed by atoms with E-state index in [9.17, 15) is 0 Å². The molecule has 94 valence electrons. The van der Waals surface area contributed by atoms with Crippen LogP contribution in [0.2, 0.25) is 13.1 Å². The second-order valence-corrected chi connectivity index (χ2v) is 9.12. The van der Waals surface area contributed by atoms with Crippen molar-refractivity contribution in [1.29, 1.82) is 0 Å². The average molecular weight is 249 g/mol. The summed E-state index contributed by atoms with van der Waals surface area (Å²) in [5, 5.41) is 1.26. The molecule has 0 aliphatic carbocycles. The maximum absolute atomic E-state index is 5.03. The number of pyridine rings is 1. The zero-order valence-corrected chi connectivity index (χ0v) is 12.1. The maximum atomic E-state index is 5.03. The first-order valence-corrected chi connectivity index (χ1v) is 9.33. The molecule has 0 saturated carbocycles. The lowest BCUT2D eigenvalue weighted by molar-refractivity contribution is 0.193. The summed E-state index contributed by atoms with van der Waals surface area (Å²) in [5.74, 6) is 0. The van der Waals surface area contributed by atoms with Gasteiger partial charge in [0.25, 0.3) is 0 Å². The van der Waals surface area contributed by atoms with Gasteiger partial charge in [-0.3, -0.25) is 4.98 Å². The zero-order chi connectivity index (χ0) is 12.6. The average Bonchev–Trinajstić information content (AvgIpc) is 2.35. The van der Waals surface area contributed by atoms with Gasteiger partial charge in [0.05, 0.1) is 0 Å². The van der Waals surface area contributed by atoms with E-state index in [0.717, 1.165) is 19.4 Å². The second-order valence-electron chi connectivity index (χ2n) is 4.83. The molecule has 0 amide bonds. The van der Waals surface area contributed by atoms with Gasteiger partial charge in [0.15, 0.2) is 0 Å². The normalized spacial score (nSPS) is 12.2. The van der Waals surface area contributed by atoms with Crippen molar-refractivity contribution in [1.82, 2.24) is 4.98 Å². The first-order chi connectivity index (χ1) is 8.17. The molecular formula is C14H23NOSi. The number of hydrogen-bond donors (Lipinski definition) is 0. The van der Waals surface area contributed by atoms with Crippen LogP contribution >= 0.6 is 0 Å². The van der Waals surface area contributed by atoms with Gasteiger partial charge >= 0.3 is 0 Å². The molecule has 0 aliphatic heterocycles. The second kappa shape index (κ2) is 7.40. The minimum Gasteiger partial charge on any atom is -0.385 e. The van der Waals surface area contributed by atoms with Crippen LogP contribution < -0.4 is 5.32 Å². The van der Waals surface area contributed by atoms with Gasteiger partial charge in [-0.25, -0.2) is 0 Å². The summed E-state index contributed by atoms with van der Waals surface area (Å²) in [6.45, 7) is 5.54. The summed E-state index contributed by atoms with van der Waals surface area (Å²) in [6.07, 6.45) is 7.70. The number of hydrogen-bond acceptors (Lipinski definition) is 2. The van der Waals surface area contributed by atoms with Crippen LogP contribution in [0.4, 0.5) is 0 Å². The monoisotopic (exact) mass is 249 g/mol. The van der Waals surface area contributed by atoms with Crippen LogP contribution in [0.25, 0.3) is 0 Å². The van der Waals surface area contributed by atoms with E-state index in [2.05, 4.69) is 42.0 Å². The largest absolute Gasteiger partial charge is 0.385 e. The van der Waals surface area contributed by atoms with Crippen molar-refractivity contribution in [2.24, 2.45) is 0 Å². The van der Waals surface area contributed by atoms with Crippen molar-refractivity contribution in [3.63, 3.8) is 0 Å². The Morgan fingerprint density at radius 1 is 1.29 bits per heavy atom. The van der Waals surface area contributed by atoms with Gasteiger partial charge in [-0.1, -0.05) is 30.9 Å². The third kappa shape index (κ3) is 5.28.